The van der Waals surface area contributed by atoms with Gasteiger partial charge in [0.05, 0.1) is 19.8 Å². The van der Waals surface area contributed by atoms with E-state index in [1.165, 1.54) is 24.3 Å². The summed E-state index contributed by atoms with van der Waals surface area (Å²) in [6.45, 7) is 1.15. The minimum Gasteiger partial charge on any atom is -0.449 e. The fourth-order valence-electron chi connectivity index (χ4n) is 3.83. The average Bonchev–Trinajstić information content (AvgIpc) is 3.40. The van der Waals surface area contributed by atoms with Crippen molar-refractivity contribution >= 4 is 18.2 Å². The molecular formula is C23H28N2O7. The molecule has 0 aromatic heterocycles. The summed E-state index contributed by atoms with van der Waals surface area (Å²) in [5.41, 5.74) is 5.45. The van der Waals surface area contributed by atoms with Gasteiger partial charge in [-0.15, -0.1) is 11.8 Å². The molecule has 2 amide bonds. The van der Waals surface area contributed by atoms with Gasteiger partial charge in [-0.2, -0.15) is 0 Å². The molecule has 2 aliphatic carbocycles. The maximum Gasteiger partial charge on any atom is 0.513 e. The molecule has 0 radical (unpaired) electrons. The van der Waals surface area contributed by atoms with Gasteiger partial charge in [0.15, 0.2) is 0 Å². The molecule has 3 atom stereocenters. The lowest BCUT2D eigenvalue weighted by molar-refractivity contribution is 0.0524. The zero-order valence-corrected chi connectivity index (χ0v) is 17.8. The van der Waals surface area contributed by atoms with Crippen molar-refractivity contribution in [2.45, 2.75) is 25.7 Å². The number of hydrogen-bond acceptors (Lipinski definition) is 7. The highest BCUT2D eigenvalue weighted by Gasteiger charge is 2.49. The third-order valence-electron chi connectivity index (χ3n) is 5.55. The first-order valence-corrected chi connectivity index (χ1v) is 10.7. The Bertz CT molecular complexity index is 841. The van der Waals surface area contributed by atoms with E-state index in [4.69, 9.17) is 24.7 Å². The number of nitrogens with one attached hydrogen (secondary N) is 1. The molecular weight excluding hydrogens is 416 g/mol. The summed E-state index contributed by atoms with van der Waals surface area (Å²) in [4.78, 5) is 34.4. The Morgan fingerprint density at radius 2 is 1.66 bits per heavy atom. The van der Waals surface area contributed by atoms with E-state index in [0.717, 1.165) is 25.7 Å². The molecule has 1 saturated carbocycles. The van der Waals surface area contributed by atoms with Gasteiger partial charge in [0, 0.05) is 24.9 Å². The Hall–Kier alpha value is -3.25. The van der Waals surface area contributed by atoms with E-state index in [0.29, 0.717) is 36.5 Å². The minimum absolute atomic E-state index is 0.00315. The van der Waals surface area contributed by atoms with Crippen LogP contribution in [0.1, 0.15) is 36.0 Å². The molecule has 1 fully saturated rings. The molecule has 0 saturated heterocycles. The number of carbonyl (C=O) groups is 3. The minimum atomic E-state index is -0.888. The maximum absolute atomic E-state index is 11.8. The van der Waals surface area contributed by atoms with Gasteiger partial charge in [-0.3, -0.25) is 4.79 Å². The van der Waals surface area contributed by atoms with E-state index in [9.17, 15) is 14.4 Å². The number of ether oxygens (including phenoxy) is 4. The van der Waals surface area contributed by atoms with Gasteiger partial charge in [-0.05, 0) is 54.9 Å². The van der Waals surface area contributed by atoms with Gasteiger partial charge in [-0.1, -0.05) is 0 Å². The van der Waals surface area contributed by atoms with Gasteiger partial charge in [0.2, 0.25) is 5.91 Å². The number of primary amides is 1. The first-order chi connectivity index (χ1) is 15.5. The topological polar surface area (TPSA) is 126 Å². The fourth-order valence-corrected chi connectivity index (χ4v) is 3.83. The van der Waals surface area contributed by atoms with Crippen molar-refractivity contribution in [2.24, 2.45) is 23.5 Å². The second kappa shape index (κ2) is 12.0. The molecule has 0 spiro atoms. The zero-order valence-electron chi connectivity index (χ0n) is 17.8. The Balaban J connectivity index is 1.17. The van der Waals surface area contributed by atoms with Crippen molar-refractivity contribution in [3.05, 3.63) is 29.8 Å². The molecule has 2 aliphatic rings. The van der Waals surface area contributed by atoms with Crippen molar-refractivity contribution in [3.8, 4) is 17.6 Å². The number of alkyl carbamates (subject to hydrolysis) is 1. The van der Waals surface area contributed by atoms with E-state index >= 15 is 0 Å². The van der Waals surface area contributed by atoms with Crippen molar-refractivity contribution in [1.82, 2.24) is 5.32 Å². The summed E-state index contributed by atoms with van der Waals surface area (Å²) in [5, 5.41) is 2.64. The predicted molar refractivity (Wildman–Crippen MR) is 114 cm³/mol. The van der Waals surface area contributed by atoms with Crippen LogP contribution in [0, 0.1) is 29.6 Å². The number of fused-ring (bicyclic) bond motifs is 1. The monoisotopic (exact) mass is 444 g/mol. The van der Waals surface area contributed by atoms with Crippen LogP contribution in [-0.4, -0.2) is 51.1 Å². The maximum atomic E-state index is 11.8. The molecule has 1 aromatic rings. The Labute approximate surface area is 186 Å². The largest absolute Gasteiger partial charge is 0.513 e. The number of rotatable bonds is 10. The molecule has 1 unspecified atom stereocenters. The van der Waals surface area contributed by atoms with Gasteiger partial charge in [0.1, 0.15) is 12.4 Å². The van der Waals surface area contributed by atoms with Crippen LogP contribution in [0.5, 0.6) is 5.75 Å². The first kappa shape index (κ1) is 23.4. The average molecular weight is 444 g/mol. The van der Waals surface area contributed by atoms with Gasteiger partial charge >= 0.3 is 12.2 Å². The Morgan fingerprint density at radius 1 is 0.969 bits per heavy atom. The summed E-state index contributed by atoms with van der Waals surface area (Å²) in [6, 6.07) is 5.77. The van der Waals surface area contributed by atoms with Crippen molar-refractivity contribution in [3.63, 3.8) is 0 Å². The molecule has 172 valence electrons. The SMILES string of the molecule is NC(=O)c1ccc(OC(=O)OCCOCCNC(=O)OCC2[C@H]3CCC#CCC[C@@H]23)cc1. The van der Waals surface area contributed by atoms with Crippen LogP contribution >= 0.6 is 0 Å². The van der Waals surface area contributed by atoms with E-state index in [2.05, 4.69) is 17.2 Å². The summed E-state index contributed by atoms with van der Waals surface area (Å²) in [5.74, 6) is 7.73. The summed E-state index contributed by atoms with van der Waals surface area (Å²) in [6.07, 6.45) is 2.72. The molecule has 0 bridgehead atoms. The molecule has 3 rings (SSSR count). The standard InChI is InChI=1S/C23H28N2O7/c24-21(26)16-7-9-17(10-8-16)32-23(28)30-14-13-29-12-11-25-22(27)31-15-20-18-5-3-1-2-4-6-19(18)20/h7-10,18-20H,3-6,11-15H2,(H2,24,26)(H,25,27)/t18-,19+,20?. The fraction of sp³-hybridized carbons (Fsp3) is 0.522. The normalized spacial score (nSPS) is 20.9. The first-order valence-electron chi connectivity index (χ1n) is 10.7. The lowest BCUT2D eigenvalue weighted by atomic mass is 10.1. The van der Waals surface area contributed by atoms with Gasteiger partial charge in [-0.25, -0.2) is 9.59 Å². The van der Waals surface area contributed by atoms with Crippen LogP contribution in [0.15, 0.2) is 24.3 Å². The number of nitrogens with two attached hydrogens (primary N) is 1. The lowest BCUT2D eigenvalue weighted by Crippen LogP contribution is -2.29. The molecule has 0 heterocycles. The lowest BCUT2D eigenvalue weighted by Gasteiger charge is -2.08. The molecule has 9 nitrogen and oxygen atoms in total. The highest BCUT2D eigenvalue weighted by atomic mass is 16.7. The summed E-state index contributed by atoms with van der Waals surface area (Å²) >= 11 is 0. The van der Waals surface area contributed by atoms with Crippen LogP contribution < -0.4 is 15.8 Å². The van der Waals surface area contributed by atoms with Crippen LogP contribution in [0.4, 0.5) is 9.59 Å². The van der Waals surface area contributed by atoms with Gasteiger partial charge < -0.3 is 30.0 Å². The molecule has 3 N–H and O–H groups in total. The third kappa shape index (κ3) is 7.46. The number of benzene rings is 1. The molecule has 9 heteroatoms. The zero-order chi connectivity index (χ0) is 22.8. The number of carbonyl (C=O) groups excluding carboxylic acids is 3. The quantitative estimate of drug-likeness (QED) is 0.246. The Morgan fingerprint density at radius 3 is 2.31 bits per heavy atom. The Kier molecular flexibility index (Phi) is 8.75. The molecule has 1 aromatic carbocycles. The third-order valence-corrected chi connectivity index (χ3v) is 5.55. The van der Waals surface area contributed by atoms with Crippen molar-refractivity contribution in [2.75, 3.05) is 33.0 Å². The van der Waals surface area contributed by atoms with Gasteiger partial charge in [0.25, 0.3) is 0 Å². The molecule has 32 heavy (non-hydrogen) atoms. The highest BCUT2D eigenvalue weighted by Crippen LogP contribution is 2.52. The second-order valence-electron chi connectivity index (χ2n) is 7.65. The second-order valence-corrected chi connectivity index (χ2v) is 7.65. The summed E-state index contributed by atoms with van der Waals surface area (Å²) < 4.78 is 20.5. The smallest absolute Gasteiger partial charge is 0.449 e. The van der Waals surface area contributed by atoms with Crippen molar-refractivity contribution in [1.29, 1.82) is 0 Å². The van der Waals surface area contributed by atoms with Crippen LogP contribution in [0.25, 0.3) is 0 Å². The number of hydrogen-bond donors (Lipinski definition) is 2. The van der Waals surface area contributed by atoms with Crippen LogP contribution in [-0.2, 0) is 14.2 Å². The summed E-state index contributed by atoms with van der Waals surface area (Å²) in [7, 11) is 0. The predicted octanol–water partition coefficient (Wildman–Crippen LogP) is 2.48. The van der Waals surface area contributed by atoms with E-state index in [1.807, 2.05) is 0 Å². The van der Waals surface area contributed by atoms with Crippen LogP contribution in [0.3, 0.4) is 0 Å². The molecule has 0 aliphatic heterocycles. The van der Waals surface area contributed by atoms with E-state index in [-0.39, 0.29) is 25.6 Å². The van der Waals surface area contributed by atoms with E-state index < -0.39 is 18.2 Å². The number of amides is 2. The van der Waals surface area contributed by atoms with Crippen molar-refractivity contribution < 1.29 is 33.3 Å². The van der Waals surface area contributed by atoms with E-state index in [1.54, 1.807) is 0 Å². The highest BCUT2D eigenvalue weighted by molar-refractivity contribution is 5.92. The van der Waals surface area contributed by atoms with Crippen LogP contribution in [0.2, 0.25) is 0 Å².